The largest absolute Gasteiger partial charge is 0.454 e. The van der Waals surface area contributed by atoms with Crippen LogP contribution < -0.4 is 20.1 Å². The molecule has 28 heavy (non-hydrogen) atoms. The minimum atomic E-state index is 0.277. The molecule has 0 bridgehead atoms. The number of pyridine rings is 1. The standard InChI is InChI=1S/C20H25N5O2S/c1-12(2)22-7-8-25-14-5-6-23-19(21-4)18(14)24-20(25)28-17-10-16-15(9-13(17)3)26-11-27-16/h5-6,9-10,12,22H,7-8,11H2,1-4H3,(H,21,23). The first kappa shape index (κ1) is 18.9. The SMILES string of the molecule is CNc1nccc2c1nc(Sc1cc3c(cc1C)OCO3)n2CCNC(C)C. The molecule has 0 atom stereocenters. The fraction of sp³-hybridized carbons (Fsp3) is 0.400. The Morgan fingerprint density at radius 3 is 2.79 bits per heavy atom. The molecule has 7 nitrogen and oxygen atoms in total. The molecular formula is C20H25N5O2S. The van der Waals surface area contributed by atoms with Gasteiger partial charge in [0.05, 0.1) is 5.52 Å². The zero-order chi connectivity index (χ0) is 19.7. The molecule has 0 radical (unpaired) electrons. The average Bonchev–Trinajstić information content (AvgIpc) is 3.26. The number of hydrogen-bond donors (Lipinski definition) is 2. The minimum Gasteiger partial charge on any atom is -0.454 e. The topological polar surface area (TPSA) is 73.2 Å². The van der Waals surface area contributed by atoms with Crippen molar-refractivity contribution in [3.05, 3.63) is 30.0 Å². The lowest BCUT2D eigenvalue weighted by molar-refractivity contribution is 0.174. The minimum absolute atomic E-state index is 0.277. The van der Waals surface area contributed by atoms with Gasteiger partial charge in [0, 0.05) is 37.3 Å². The predicted octanol–water partition coefficient (Wildman–Crippen LogP) is 3.66. The Labute approximate surface area is 168 Å². The maximum absolute atomic E-state index is 5.56. The zero-order valence-corrected chi connectivity index (χ0v) is 17.4. The van der Waals surface area contributed by atoms with E-state index in [0.29, 0.717) is 6.04 Å². The van der Waals surface area contributed by atoms with Crippen LogP contribution in [0.4, 0.5) is 5.82 Å². The second kappa shape index (κ2) is 7.89. The fourth-order valence-corrected chi connectivity index (χ4v) is 4.23. The van der Waals surface area contributed by atoms with Crippen LogP contribution in [0, 0.1) is 6.92 Å². The number of hydrogen-bond acceptors (Lipinski definition) is 7. The van der Waals surface area contributed by atoms with E-state index in [1.54, 1.807) is 11.8 Å². The van der Waals surface area contributed by atoms with E-state index in [0.717, 1.165) is 57.1 Å². The van der Waals surface area contributed by atoms with Crippen molar-refractivity contribution in [1.82, 2.24) is 19.9 Å². The summed E-state index contributed by atoms with van der Waals surface area (Å²) in [5, 5.41) is 7.57. The Morgan fingerprint density at radius 1 is 1.25 bits per heavy atom. The van der Waals surface area contributed by atoms with Gasteiger partial charge in [-0.15, -0.1) is 0 Å². The number of benzene rings is 1. The van der Waals surface area contributed by atoms with Crippen LogP contribution in [-0.4, -0.2) is 41.0 Å². The van der Waals surface area contributed by atoms with E-state index < -0.39 is 0 Å². The summed E-state index contributed by atoms with van der Waals surface area (Å²) in [5.74, 6) is 2.38. The van der Waals surface area contributed by atoms with Crippen LogP contribution in [-0.2, 0) is 6.54 Å². The number of nitrogens with zero attached hydrogens (tertiary/aromatic N) is 3. The predicted molar refractivity (Wildman–Crippen MR) is 112 cm³/mol. The van der Waals surface area contributed by atoms with Crippen molar-refractivity contribution in [2.24, 2.45) is 0 Å². The fourth-order valence-electron chi connectivity index (χ4n) is 3.21. The van der Waals surface area contributed by atoms with Crippen molar-refractivity contribution in [2.45, 2.75) is 43.4 Å². The van der Waals surface area contributed by atoms with Crippen LogP contribution in [0.25, 0.3) is 11.0 Å². The second-order valence-electron chi connectivity index (χ2n) is 7.01. The van der Waals surface area contributed by atoms with E-state index in [1.807, 2.05) is 31.4 Å². The molecule has 0 fully saturated rings. The van der Waals surface area contributed by atoms with E-state index in [1.165, 1.54) is 0 Å². The molecule has 1 aromatic carbocycles. The van der Waals surface area contributed by atoms with E-state index in [9.17, 15) is 0 Å². The quantitative estimate of drug-likeness (QED) is 0.628. The number of fused-ring (bicyclic) bond motifs is 2. The first-order valence-corrected chi connectivity index (χ1v) is 10.2. The summed E-state index contributed by atoms with van der Waals surface area (Å²) < 4.78 is 13.3. The van der Waals surface area contributed by atoms with Gasteiger partial charge < -0.3 is 24.7 Å². The molecule has 2 N–H and O–H groups in total. The summed E-state index contributed by atoms with van der Waals surface area (Å²) in [7, 11) is 1.87. The Balaban J connectivity index is 1.73. The van der Waals surface area contributed by atoms with Crippen molar-refractivity contribution in [3.63, 3.8) is 0 Å². The van der Waals surface area contributed by atoms with Gasteiger partial charge in [0.15, 0.2) is 22.5 Å². The second-order valence-corrected chi connectivity index (χ2v) is 8.01. The van der Waals surface area contributed by atoms with Crippen molar-refractivity contribution in [2.75, 3.05) is 25.7 Å². The van der Waals surface area contributed by atoms with Crippen LogP contribution in [0.15, 0.2) is 34.4 Å². The maximum Gasteiger partial charge on any atom is 0.231 e. The number of imidazole rings is 1. The van der Waals surface area contributed by atoms with E-state index >= 15 is 0 Å². The van der Waals surface area contributed by atoms with Gasteiger partial charge in [0.2, 0.25) is 6.79 Å². The van der Waals surface area contributed by atoms with Gasteiger partial charge in [-0.05, 0) is 30.7 Å². The third kappa shape index (κ3) is 3.62. The molecule has 1 aliphatic heterocycles. The number of aryl methyl sites for hydroxylation is 1. The molecule has 1 aliphatic rings. The van der Waals surface area contributed by atoms with Gasteiger partial charge in [0.1, 0.15) is 5.52 Å². The van der Waals surface area contributed by atoms with E-state index in [2.05, 4.69) is 41.0 Å². The molecule has 148 valence electrons. The molecule has 0 saturated heterocycles. The highest BCUT2D eigenvalue weighted by molar-refractivity contribution is 7.99. The summed E-state index contributed by atoms with van der Waals surface area (Å²) in [6.07, 6.45) is 1.82. The summed E-state index contributed by atoms with van der Waals surface area (Å²) in [6.45, 7) is 8.36. The molecular weight excluding hydrogens is 374 g/mol. The van der Waals surface area contributed by atoms with Crippen LogP contribution in [0.3, 0.4) is 0 Å². The molecule has 0 saturated carbocycles. The van der Waals surface area contributed by atoms with Crippen LogP contribution in [0.5, 0.6) is 11.5 Å². The lowest BCUT2D eigenvalue weighted by Crippen LogP contribution is -2.26. The maximum atomic E-state index is 5.56. The zero-order valence-electron chi connectivity index (χ0n) is 16.6. The summed E-state index contributed by atoms with van der Waals surface area (Å²) >= 11 is 1.64. The van der Waals surface area contributed by atoms with E-state index in [4.69, 9.17) is 14.5 Å². The monoisotopic (exact) mass is 399 g/mol. The number of nitrogens with one attached hydrogen (secondary N) is 2. The lowest BCUT2D eigenvalue weighted by Gasteiger charge is -2.13. The van der Waals surface area contributed by atoms with E-state index in [-0.39, 0.29) is 6.79 Å². The van der Waals surface area contributed by atoms with Gasteiger partial charge in [-0.2, -0.15) is 0 Å². The molecule has 0 spiro atoms. The van der Waals surface area contributed by atoms with Crippen LogP contribution in [0.1, 0.15) is 19.4 Å². The molecule has 2 aromatic heterocycles. The van der Waals surface area contributed by atoms with Crippen molar-refractivity contribution >= 4 is 28.6 Å². The van der Waals surface area contributed by atoms with Gasteiger partial charge >= 0.3 is 0 Å². The molecule has 8 heteroatoms. The molecule has 0 amide bonds. The Kier molecular flexibility index (Phi) is 5.32. The highest BCUT2D eigenvalue weighted by atomic mass is 32.2. The Bertz CT molecular complexity index is 1000. The normalized spacial score (nSPS) is 12.9. The van der Waals surface area contributed by atoms with Crippen LogP contribution in [0.2, 0.25) is 0 Å². The molecule has 4 rings (SSSR count). The molecule has 0 unspecified atom stereocenters. The van der Waals surface area contributed by atoms with Crippen molar-refractivity contribution in [1.29, 1.82) is 0 Å². The summed E-state index contributed by atoms with van der Waals surface area (Å²) in [4.78, 5) is 10.4. The lowest BCUT2D eigenvalue weighted by atomic mass is 10.2. The Hall–Kier alpha value is -2.45. The van der Waals surface area contributed by atoms with Gasteiger partial charge in [-0.25, -0.2) is 9.97 Å². The molecule has 0 aliphatic carbocycles. The highest BCUT2D eigenvalue weighted by Gasteiger charge is 2.20. The third-order valence-corrected chi connectivity index (χ3v) is 5.78. The summed E-state index contributed by atoms with van der Waals surface area (Å²) in [5.41, 5.74) is 3.10. The van der Waals surface area contributed by atoms with Crippen molar-refractivity contribution < 1.29 is 9.47 Å². The Morgan fingerprint density at radius 2 is 2.04 bits per heavy atom. The van der Waals surface area contributed by atoms with Crippen LogP contribution >= 0.6 is 11.8 Å². The van der Waals surface area contributed by atoms with Gasteiger partial charge in [-0.3, -0.25) is 0 Å². The molecule has 3 aromatic rings. The van der Waals surface area contributed by atoms with Gasteiger partial charge in [-0.1, -0.05) is 25.6 Å². The summed E-state index contributed by atoms with van der Waals surface area (Å²) in [6, 6.07) is 6.53. The average molecular weight is 400 g/mol. The molecule has 3 heterocycles. The first-order valence-electron chi connectivity index (χ1n) is 9.41. The van der Waals surface area contributed by atoms with Gasteiger partial charge in [0.25, 0.3) is 0 Å². The first-order chi connectivity index (χ1) is 13.6. The number of aromatic nitrogens is 3. The highest BCUT2D eigenvalue weighted by Crippen LogP contribution is 2.41. The van der Waals surface area contributed by atoms with Crippen molar-refractivity contribution in [3.8, 4) is 11.5 Å². The smallest absolute Gasteiger partial charge is 0.231 e. The third-order valence-electron chi connectivity index (χ3n) is 4.63. The number of rotatable bonds is 7. The number of anilines is 1. The number of ether oxygens (including phenoxy) is 2.